The highest BCUT2D eigenvalue weighted by Crippen LogP contribution is 2.40. The van der Waals surface area contributed by atoms with E-state index < -0.39 is 10.2 Å². The SMILES string of the molecule is O=S(=O)(N1CCCCC1)N1CCc2sccc2[C@H]1c1ccccc1. The molecular weight excluding hydrogens is 340 g/mol. The van der Waals surface area contributed by atoms with E-state index in [9.17, 15) is 8.42 Å². The highest BCUT2D eigenvalue weighted by Gasteiger charge is 2.40. The smallest absolute Gasteiger partial charge is 0.195 e. The van der Waals surface area contributed by atoms with Gasteiger partial charge in [-0.2, -0.15) is 17.0 Å². The molecule has 0 aliphatic carbocycles. The van der Waals surface area contributed by atoms with Gasteiger partial charge in [0, 0.05) is 24.5 Å². The first-order valence-corrected chi connectivity index (χ1v) is 10.8. The molecule has 24 heavy (non-hydrogen) atoms. The lowest BCUT2D eigenvalue weighted by Gasteiger charge is -2.39. The van der Waals surface area contributed by atoms with Crippen molar-refractivity contribution in [1.82, 2.24) is 8.61 Å². The summed E-state index contributed by atoms with van der Waals surface area (Å²) < 4.78 is 30.0. The van der Waals surface area contributed by atoms with Gasteiger partial charge in [0.1, 0.15) is 0 Å². The molecule has 4 nitrogen and oxygen atoms in total. The summed E-state index contributed by atoms with van der Waals surface area (Å²) in [7, 11) is -3.43. The minimum absolute atomic E-state index is 0.201. The Morgan fingerprint density at radius 3 is 2.46 bits per heavy atom. The molecule has 2 aliphatic heterocycles. The van der Waals surface area contributed by atoms with Crippen LogP contribution in [-0.4, -0.2) is 36.7 Å². The first kappa shape index (κ1) is 16.3. The molecular formula is C18H22N2O2S2. The van der Waals surface area contributed by atoms with Crippen LogP contribution in [0.1, 0.15) is 41.3 Å². The van der Waals surface area contributed by atoms with Gasteiger partial charge in [0.25, 0.3) is 10.2 Å². The second-order valence-corrected chi connectivity index (χ2v) is 9.32. The summed E-state index contributed by atoms with van der Waals surface area (Å²) in [5.74, 6) is 0. The van der Waals surface area contributed by atoms with E-state index in [1.54, 1.807) is 19.9 Å². The van der Waals surface area contributed by atoms with Crippen LogP contribution in [0.2, 0.25) is 0 Å². The van der Waals surface area contributed by atoms with Crippen molar-refractivity contribution in [3.05, 3.63) is 57.8 Å². The van der Waals surface area contributed by atoms with Gasteiger partial charge in [-0.3, -0.25) is 0 Å². The number of nitrogens with zero attached hydrogens (tertiary/aromatic N) is 2. The highest BCUT2D eigenvalue weighted by molar-refractivity contribution is 7.86. The summed E-state index contributed by atoms with van der Waals surface area (Å²) in [4.78, 5) is 1.31. The van der Waals surface area contributed by atoms with E-state index in [1.165, 1.54) is 4.88 Å². The molecule has 4 rings (SSSR count). The van der Waals surface area contributed by atoms with E-state index >= 15 is 0 Å². The van der Waals surface area contributed by atoms with Crippen molar-refractivity contribution in [3.63, 3.8) is 0 Å². The molecule has 0 unspecified atom stereocenters. The van der Waals surface area contributed by atoms with Crippen LogP contribution in [0.25, 0.3) is 0 Å². The van der Waals surface area contributed by atoms with Crippen molar-refractivity contribution < 1.29 is 8.42 Å². The zero-order chi connectivity index (χ0) is 16.6. The van der Waals surface area contributed by atoms with Crippen LogP contribution in [0, 0.1) is 0 Å². The Morgan fingerprint density at radius 1 is 0.958 bits per heavy atom. The zero-order valence-corrected chi connectivity index (χ0v) is 15.2. The lowest BCUT2D eigenvalue weighted by Crippen LogP contribution is -2.49. The summed E-state index contributed by atoms with van der Waals surface area (Å²) in [6, 6.07) is 11.9. The van der Waals surface area contributed by atoms with Gasteiger partial charge >= 0.3 is 0 Å². The van der Waals surface area contributed by atoms with Crippen molar-refractivity contribution in [2.45, 2.75) is 31.7 Å². The maximum absolute atomic E-state index is 13.3. The fourth-order valence-electron chi connectivity index (χ4n) is 3.77. The number of rotatable bonds is 3. The van der Waals surface area contributed by atoms with Crippen LogP contribution >= 0.6 is 11.3 Å². The standard InChI is InChI=1S/C18H22N2O2S2/c21-24(22,19-11-5-2-6-12-19)20-13-9-17-16(10-14-23-17)18(20)15-7-3-1-4-8-15/h1,3-4,7-8,10,14,18H,2,5-6,9,11-13H2/t18-/m1/s1. The molecule has 0 bridgehead atoms. The summed E-state index contributed by atoms with van der Waals surface area (Å²) in [6.45, 7) is 1.86. The number of piperidine rings is 1. The van der Waals surface area contributed by atoms with Crippen molar-refractivity contribution in [2.24, 2.45) is 0 Å². The zero-order valence-electron chi connectivity index (χ0n) is 13.6. The van der Waals surface area contributed by atoms with Gasteiger partial charge in [0.2, 0.25) is 0 Å². The average Bonchev–Trinajstić information content (AvgIpc) is 3.11. The molecule has 0 amide bonds. The Balaban J connectivity index is 1.76. The molecule has 0 N–H and O–H groups in total. The van der Waals surface area contributed by atoms with Gasteiger partial charge in [-0.1, -0.05) is 36.8 Å². The van der Waals surface area contributed by atoms with E-state index in [0.29, 0.717) is 19.6 Å². The van der Waals surface area contributed by atoms with Crippen LogP contribution in [0.5, 0.6) is 0 Å². The first-order chi connectivity index (χ1) is 11.7. The number of fused-ring (bicyclic) bond motifs is 1. The van der Waals surface area contributed by atoms with Crippen molar-refractivity contribution in [1.29, 1.82) is 0 Å². The minimum Gasteiger partial charge on any atom is -0.195 e. The van der Waals surface area contributed by atoms with Gasteiger partial charge in [-0.25, -0.2) is 0 Å². The Hall–Kier alpha value is -1.21. The fourth-order valence-corrected chi connectivity index (χ4v) is 6.51. The second kappa shape index (κ2) is 6.59. The Bertz CT molecular complexity index is 795. The molecule has 2 aromatic rings. The Morgan fingerprint density at radius 2 is 1.71 bits per heavy atom. The summed E-state index contributed by atoms with van der Waals surface area (Å²) >= 11 is 1.74. The van der Waals surface area contributed by atoms with Gasteiger partial charge in [-0.05, 0) is 41.8 Å². The van der Waals surface area contributed by atoms with Crippen LogP contribution in [0.4, 0.5) is 0 Å². The third-order valence-corrected chi connectivity index (χ3v) is 7.98. The molecule has 0 spiro atoms. The first-order valence-electron chi connectivity index (χ1n) is 8.56. The van der Waals surface area contributed by atoms with E-state index in [4.69, 9.17) is 0 Å². The molecule has 128 valence electrons. The number of hydrogen-bond acceptors (Lipinski definition) is 3. The molecule has 1 aromatic carbocycles. The predicted molar refractivity (Wildman–Crippen MR) is 97.4 cm³/mol. The van der Waals surface area contributed by atoms with E-state index in [-0.39, 0.29) is 6.04 Å². The predicted octanol–water partition coefficient (Wildman–Crippen LogP) is 3.43. The average molecular weight is 363 g/mol. The van der Waals surface area contributed by atoms with Crippen LogP contribution in [0.3, 0.4) is 0 Å². The summed E-state index contributed by atoms with van der Waals surface area (Å²) in [5.41, 5.74) is 2.20. The number of benzene rings is 1. The van der Waals surface area contributed by atoms with E-state index in [0.717, 1.165) is 36.8 Å². The van der Waals surface area contributed by atoms with E-state index in [2.05, 4.69) is 11.4 Å². The van der Waals surface area contributed by atoms with Crippen LogP contribution in [-0.2, 0) is 16.6 Å². The third kappa shape index (κ3) is 2.81. The molecule has 3 heterocycles. The molecule has 0 radical (unpaired) electrons. The molecule has 6 heteroatoms. The molecule has 1 atom stereocenters. The lowest BCUT2D eigenvalue weighted by molar-refractivity contribution is 0.277. The Labute approximate surface area is 147 Å². The summed E-state index contributed by atoms with van der Waals surface area (Å²) in [5, 5.41) is 2.08. The van der Waals surface area contributed by atoms with E-state index in [1.807, 2.05) is 30.3 Å². The monoisotopic (exact) mass is 362 g/mol. The van der Waals surface area contributed by atoms with Gasteiger partial charge < -0.3 is 0 Å². The molecule has 1 fully saturated rings. The molecule has 1 saturated heterocycles. The fraction of sp³-hybridized carbons (Fsp3) is 0.444. The van der Waals surface area contributed by atoms with Crippen molar-refractivity contribution >= 4 is 21.5 Å². The van der Waals surface area contributed by atoms with Crippen LogP contribution in [0.15, 0.2) is 41.8 Å². The quantitative estimate of drug-likeness (QED) is 0.839. The van der Waals surface area contributed by atoms with Gasteiger partial charge in [-0.15, -0.1) is 11.3 Å². The Kier molecular flexibility index (Phi) is 4.47. The summed E-state index contributed by atoms with van der Waals surface area (Å²) in [6.07, 6.45) is 3.87. The largest absolute Gasteiger partial charge is 0.282 e. The highest BCUT2D eigenvalue weighted by atomic mass is 32.2. The second-order valence-electron chi connectivity index (χ2n) is 6.44. The number of thiophene rings is 1. The molecule has 1 aromatic heterocycles. The molecule has 2 aliphatic rings. The van der Waals surface area contributed by atoms with Crippen molar-refractivity contribution in [2.75, 3.05) is 19.6 Å². The maximum atomic E-state index is 13.3. The van der Waals surface area contributed by atoms with Crippen molar-refractivity contribution in [3.8, 4) is 0 Å². The maximum Gasteiger partial charge on any atom is 0.282 e. The topological polar surface area (TPSA) is 40.6 Å². The van der Waals surface area contributed by atoms with Gasteiger partial charge in [0.15, 0.2) is 0 Å². The number of hydrogen-bond donors (Lipinski definition) is 0. The van der Waals surface area contributed by atoms with Gasteiger partial charge in [0.05, 0.1) is 6.04 Å². The third-order valence-electron chi connectivity index (χ3n) is 4.97. The molecule has 0 saturated carbocycles. The lowest BCUT2D eigenvalue weighted by atomic mass is 9.95. The normalized spacial score (nSPS) is 23.1. The van der Waals surface area contributed by atoms with Crippen LogP contribution < -0.4 is 0 Å². The minimum atomic E-state index is -3.43.